The van der Waals surface area contributed by atoms with Crippen LogP contribution in [0.25, 0.3) is 0 Å². The third kappa shape index (κ3) is 3.70. The summed E-state index contributed by atoms with van der Waals surface area (Å²) in [6, 6.07) is -1.41. The monoisotopic (exact) mass is 173 g/mol. The molecule has 0 bridgehead atoms. The molecule has 0 saturated carbocycles. The molecule has 1 atom stereocenters. The molecule has 68 valence electrons. The molecule has 0 aliphatic heterocycles. The zero-order valence-electron chi connectivity index (χ0n) is 6.74. The van der Waals surface area contributed by atoms with Gasteiger partial charge in [0.15, 0.2) is 12.3 Å². The van der Waals surface area contributed by atoms with Crippen molar-refractivity contribution in [3.05, 3.63) is 0 Å². The fourth-order valence-electron chi connectivity index (χ4n) is 0.627. The van der Waals surface area contributed by atoms with Crippen LogP contribution < -0.4 is 5.32 Å². The van der Waals surface area contributed by atoms with Crippen molar-refractivity contribution in [3.8, 4) is 0 Å². The van der Waals surface area contributed by atoms with Crippen LogP contribution in [0.5, 0.6) is 0 Å². The predicted octanol–water partition coefficient (Wildman–Crippen LogP) is -0.445. The second-order valence-corrected chi connectivity index (χ2v) is 2.27. The third-order valence-corrected chi connectivity index (χ3v) is 1.20. The Kier molecular flexibility index (Phi) is 4.67. The number of aldehydes is 1. The van der Waals surface area contributed by atoms with Gasteiger partial charge in [-0.3, -0.25) is 4.79 Å². The highest BCUT2D eigenvalue weighted by molar-refractivity contribution is 5.95. The van der Waals surface area contributed by atoms with Gasteiger partial charge in [-0.15, -0.1) is 0 Å². The van der Waals surface area contributed by atoms with Crippen LogP contribution in [0.2, 0.25) is 0 Å². The van der Waals surface area contributed by atoms with Crippen LogP contribution in [0.3, 0.4) is 0 Å². The summed E-state index contributed by atoms with van der Waals surface area (Å²) in [7, 11) is 0. The van der Waals surface area contributed by atoms with Crippen LogP contribution in [0.4, 0.5) is 0 Å². The first-order valence-corrected chi connectivity index (χ1v) is 3.59. The van der Waals surface area contributed by atoms with Crippen molar-refractivity contribution in [1.29, 1.82) is 0 Å². The van der Waals surface area contributed by atoms with Crippen molar-refractivity contribution < 1.29 is 19.5 Å². The van der Waals surface area contributed by atoms with Crippen LogP contribution in [-0.2, 0) is 14.4 Å². The van der Waals surface area contributed by atoms with Gasteiger partial charge in [0.1, 0.15) is 0 Å². The van der Waals surface area contributed by atoms with E-state index in [1.807, 2.05) is 0 Å². The van der Waals surface area contributed by atoms with Gasteiger partial charge in [0.2, 0.25) is 5.91 Å². The zero-order chi connectivity index (χ0) is 9.56. The lowest BCUT2D eigenvalue weighted by Gasteiger charge is -2.06. The summed E-state index contributed by atoms with van der Waals surface area (Å²) < 4.78 is 0. The molecule has 0 aliphatic rings. The number of hydrogen-bond donors (Lipinski definition) is 2. The molecule has 0 unspecified atom stereocenters. The molecular formula is C7H11NO4. The maximum Gasteiger partial charge on any atom is 0.333 e. The first kappa shape index (κ1) is 10.6. The Morgan fingerprint density at radius 2 is 2.17 bits per heavy atom. The Hall–Kier alpha value is -1.39. The molecule has 0 aliphatic carbocycles. The summed E-state index contributed by atoms with van der Waals surface area (Å²) in [5.74, 6) is -1.76. The Balaban J connectivity index is 3.94. The van der Waals surface area contributed by atoms with Crippen LogP contribution >= 0.6 is 0 Å². The minimum Gasteiger partial charge on any atom is -0.479 e. The minimum absolute atomic E-state index is 0.190. The van der Waals surface area contributed by atoms with Crippen molar-refractivity contribution in [2.75, 3.05) is 0 Å². The van der Waals surface area contributed by atoms with Gasteiger partial charge in [-0.25, -0.2) is 4.79 Å². The SMILES string of the molecule is CCCC(=O)N[C@@H](C=O)C(=O)O. The molecule has 5 nitrogen and oxygen atoms in total. The minimum atomic E-state index is -1.41. The van der Waals surface area contributed by atoms with Crippen molar-refractivity contribution in [1.82, 2.24) is 5.32 Å². The van der Waals surface area contributed by atoms with E-state index in [9.17, 15) is 14.4 Å². The van der Waals surface area contributed by atoms with Crippen molar-refractivity contribution in [2.24, 2.45) is 0 Å². The first-order chi connectivity index (χ1) is 5.61. The normalized spacial score (nSPS) is 11.8. The zero-order valence-corrected chi connectivity index (χ0v) is 6.74. The van der Waals surface area contributed by atoms with E-state index in [2.05, 4.69) is 5.32 Å². The Morgan fingerprint density at radius 3 is 2.50 bits per heavy atom. The van der Waals surface area contributed by atoms with E-state index in [1.165, 1.54) is 0 Å². The lowest BCUT2D eigenvalue weighted by atomic mass is 10.3. The van der Waals surface area contributed by atoms with E-state index in [0.717, 1.165) is 0 Å². The van der Waals surface area contributed by atoms with E-state index in [0.29, 0.717) is 6.42 Å². The number of amides is 1. The second kappa shape index (κ2) is 5.29. The van der Waals surface area contributed by atoms with Gasteiger partial charge in [0.25, 0.3) is 0 Å². The van der Waals surface area contributed by atoms with Crippen molar-refractivity contribution in [2.45, 2.75) is 25.8 Å². The summed E-state index contributed by atoms with van der Waals surface area (Å²) >= 11 is 0. The largest absolute Gasteiger partial charge is 0.479 e. The molecule has 0 aromatic carbocycles. The number of carbonyl (C=O) groups excluding carboxylic acids is 2. The van der Waals surface area contributed by atoms with E-state index < -0.39 is 17.9 Å². The molecule has 1 amide bonds. The van der Waals surface area contributed by atoms with Gasteiger partial charge in [-0.05, 0) is 6.42 Å². The molecule has 2 N–H and O–H groups in total. The molecule has 0 radical (unpaired) electrons. The number of nitrogens with one attached hydrogen (secondary N) is 1. The Bertz CT molecular complexity index is 190. The smallest absolute Gasteiger partial charge is 0.333 e. The van der Waals surface area contributed by atoms with Gasteiger partial charge < -0.3 is 15.2 Å². The highest BCUT2D eigenvalue weighted by Gasteiger charge is 2.17. The molecule has 12 heavy (non-hydrogen) atoms. The summed E-state index contributed by atoms with van der Waals surface area (Å²) in [5, 5.41) is 10.4. The fourth-order valence-corrected chi connectivity index (χ4v) is 0.627. The van der Waals surface area contributed by atoms with E-state index in [-0.39, 0.29) is 12.7 Å². The lowest BCUT2D eigenvalue weighted by Crippen LogP contribution is -2.41. The number of carboxylic acid groups (broad SMARTS) is 1. The summed E-state index contributed by atoms with van der Waals surface area (Å²) in [6.07, 6.45) is 1.05. The average molecular weight is 173 g/mol. The number of rotatable bonds is 5. The average Bonchev–Trinajstić information content (AvgIpc) is 2.00. The molecule has 0 saturated heterocycles. The molecule has 0 fully saturated rings. The molecular weight excluding hydrogens is 162 g/mol. The number of aliphatic carboxylic acids is 1. The fraction of sp³-hybridized carbons (Fsp3) is 0.571. The molecule has 0 aromatic heterocycles. The van der Waals surface area contributed by atoms with Crippen LogP contribution in [0.15, 0.2) is 0 Å². The van der Waals surface area contributed by atoms with Crippen molar-refractivity contribution in [3.63, 3.8) is 0 Å². The second-order valence-electron chi connectivity index (χ2n) is 2.27. The Morgan fingerprint density at radius 1 is 1.58 bits per heavy atom. The van der Waals surface area contributed by atoms with E-state index in [4.69, 9.17) is 5.11 Å². The molecule has 0 spiro atoms. The van der Waals surface area contributed by atoms with Crippen LogP contribution in [0.1, 0.15) is 19.8 Å². The van der Waals surface area contributed by atoms with Gasteiger partial charge in [-0.1, -0.05) is 6.92 Å². The number of carbonyl (C=O) groups is 3. The third-order valence-electron chi connectivity index (χ3n) is 1.20. The summed E-state index contributed by atoms with van der Waals surface area (Å²) in [6.45, 7) is 1.79. The highest BCUT2D eigenvalue weighted by Crippen LogP contribution is 1.87. The maximum absolute atomic E-state index is 10.8. The van der Waals surface area contributed by atoms with Gasteiger partial charge in [-0.2, -0.15) is 0 Å². The first-order valence-electron chi connectivity index (χ1n) is 3.59. The van der Waals surface area contributed by atoms with E-state index >= 15 is 0 Å². The summed E-state index contributed by atoms with van der Waals surface area (Å²) in [4.78, 5) is 31.1. The molecule has 0 rings (SSSR count). The maximum atomic E-state index is 10.8. The molecule has 5 heteroatoms. The van der Waals surface area contributed by atoms with Gasteiger partial charge in [0.05, 0.1) is 0 Å². The van der Waals surface area contributed by atoms with Gasteiger partial charge in [0, 0.05) is 6.42 Å². The van der Waals surface area contributed by atoms with Crippen LogP contribution in [0, 0.1) is 0 Å². The molecule has 0 aromatic rings. The molecule has 0 heterocycles. The standard InChI is InChI=1S/C7H11NO4/c1-2-3-6(10)8-5(4-9)7(11)12/h4-5H,2-3H2,1H3,(H,8,10)(H,11,12)/t5-/m0/s1. The quantitative estimate of drug-likeness (QED) is 0.436. The van der Waals surface area contributed by atoms with Crippen LogP contribution in [-0.4, -0.2) is 29.3 Å². The lowest BCUT2D eigenvalue weighted by molar-refractivity contribution is -0.143. The number of carboxylic acids is 1. The Labute approximate surface area is 69.8 Å². The topological polar surface area (TPSA) is 83.5 Å². The number of hydrogen-bond acceptors (Lipinski definition) is 3. The van der Waals surface area contributed by atoms with Crippen molar-refractivity contribution >= 4 is 18.2 Å². The highest BCUT2D eigenvalue weighted by atomic mass is 16.4. The van der Waals surface area contributed by atoms with E-state index in [1.54, 1.807) is 6.92 Å². The van der Waals surface area contributed by atoms with Gasteiger partial charge >= 0.3 is 5.97 Å². The summed E-state index contributed by atoms with van der Waals surface area (Å²) in [5.41, 5.74) is 0. The predicted molar refractivity (Wildman–Crippen MR) is 40.5 cm³/mol.